The van der Waals surface area contributed by atoms with E-state index in [0.717, 1.165) is 147 Å². The highest BCUT2D eigenvalue weighted by atomic mass is 16.5. The monoisotopic (exact) mass is 1880 g/mol. The van der Waals surface area contributed by atoms with E-state index in [1.165, 1.54) is 301 Å². The molecule has 6 saturated heterocycles. The lowest BCUT2D eigenvalue weighted by Crippen LogP contribution is -2.61. The molecule has 5 aromatic heterocycles. The lowest BCUT2D eigenvalue weighted by atomic mass is 9.47. The van der Waals surface area contributed by atoms with Crippen LogP contribution in [0.2, 0.25) is 0 Å². The molecule has 139 heavy (non-hydrogen) atoms. The molecule has 5 aromatic rings. The Hall–Kier alpha value is -7.59. The van der Waals surface area contributed by atoms with Crippen molar-refractivity contribution in [3.8, 4) is 11.5 Å². The van der Waals surface area contributed by atoms with Crippen molar-refractivity contribution >= 4 is 39.8 Å². The lowest BCUT2D eigenvalue weighted by molar-refractivity contribution is -0.117. The number of imidazole rings is 1. The van der Waals surface area contributed by atoms with Gasteiger partial charge in [-0.05, 0) is 461 Å². The SMILES string of the molecule is CCCOc1cncc(C2=CC[C@H]3[C@@H]4CCN5CCCCC[C@]5(C)C4CC[C@]23C)c1.CCc1cncc(C2=CC[C@H]3[C@@H]4CCN5CCCCC[C@]5(C)C4CC[C@]23C)c1.COc1cncc(C2=CC[C@H]3[C@@H]4CCN5CCCCC[C@]5(C)C4CC[C@]23C)c1.C[C@]12CCNC(=O)C=C1CC[C@@H]1C2CC[C@]2(C)C(c3cccnc3)=CC[C@@H]12.C[C@]12CCNC(=O)C=C1CC[C@@H]1C2CC[C@]2(C)C(n3ccnc3)=CC[C@@H]12. The first kappa shape index (κ1) is 97.5. The van der Waals surface area contributed by atoms with Crippen LogP contribution in [0.1, 0.15) is 348 Å². The molecule has 0 bridgehead atoms. The minimum Gasteiger partial charge on any atom is -0.495 e. The number of hydrogen-bond acceptors (Lipinski definition) is 12. The molecule has 20 aliphatic rings. The standard InChI is InChI=1S/C27H40N2O.C26H38N2.C25H36N2O.C24H30N2O.C22H29N3O/c1-4-16-30-21-17-20(18-28-19-21)23-8-9-24-22-11-15-29-14-7-5-6-12-27(29,3)25(22)10-13-26(23,24)2;1-4-19-16-20(18-27-17-19)22-8-9-23-21-11-15-28-14-7-5-6-12-26(28,3)24(21)10-13-25(22,23)2;1-24-12-9-23-20(10-14-27-13-6-4-5-11-25(23,27)2)22(24)8-7-21(24)18-15-19(28-3)17-26-16-18;1-23-11-13-26-22(27)14-17(23)5-6-18-20-8-7-19(16-4-3-12-25-15-16)24(20,2)10-9-21(18)23;1-21-9-10-24-20(26)13-15(21)3-4-16-17-5-6-19(25-12-11-23-14-25)22(17,2)8-7-18(16)21/h8,17-19,22,24-25H,4-7,9-16H2,1-3H3;8,16-18,21,23-24H,4-7,9-15H2,1-3H3;7,15-17,20,22-23H,4-6,8-14H2,1-3H3;3-4,7,12,14-15,18,20-21H,5-6,8-11,13H2,1-2H3,(H,26,27);6,11-14,16-18H,3-5,7-10H2,1-2H3,(H,24,26)/t22-,24-,25?,26+,27+;21-,23-,24?,25+,26+;20-,22-,23?,24+,25+;18-,20-,21?,23-,24+;16-,17-,18?,21-,22-/m00000/s1. The summed E-state index contributed by atoms with van der Waals surface area (Å²) < 4.78 is 13.6. The molecule has 12 aliphatic carbocycles. The third-order valence-corrected chi connectivity index (χ3v) is 44.8. The first-order chi connectivity index (χ1) is 67.2. The van der Waals surface area contributed by atoms with Gasteiger partial charge in [-0.3, -0.25) is 44.2 Å². The summed E-state index contributed by atoms with van der Waals surface area (Å²) in [6, 6.07) is 11.1. The molecular formula is C124H173N11O4. The van der Waals surface area contributed by atoms with Gasteiger partial charge in [0.15, 0.2) is 0 Å². The van der Waals surface area contributed by atoms with Crippen molar-refractivity contribution in [2.75, 3.05) is 66.1 Å². The number of nitrogens with zero attached hydrogens (tertiary/aromatic N) is 9. The van der Waals surface area contributed by atoms with Crippen LogP contribution in [0.25, 0.3) is 28.0 Å². The van der Waals surface area contributed by atoms with Gasteiger partial charge in [-0.1, -0.05) is 148 Å². The number of aryl methyl sites for hydroxylation is 1. The zero-order valence-corrected chi connectivity index (χ0v) is 87.8. The average molecular weight is 1880 g/mol. The summed E-state index contributed by atoms with van der Waals surface area (Å²) in [5, 5.41) is 6.14. The number of nitrogens with one attached hydrogen (secondary N) is 2. The molecule has 13 fully saturated rings. The number of aromatic nitrogens is 6. The molecule has 8 aliphatic heterocycles. The van der Waals surface area contributed by atoms with Crippen molar-refractivity contribution in [2.45, 2.75) is 344 Å². The summed E-state index contributed by atoms with van der Waals surface area (Å²) in [5.41, 5.74) is 20.4. The molecular weight excluding hydrogens is 1710 g/mol. The van der Waals surface area contributed by atoms with Crippen LogP contribution in [0.3, 0.4) is 0 Å². The number of pyridine rings is 4. The Kier molecular flexibility index (Phi) is 27.4. The van der Waals surface area contributed by atoms with E-state index in [1.54, 1.807) is 18.3 Å². The molecule has 5 unspecified atom stereocenters. The molecule has 13 heterocycles. The number of ether oxygens (including phenoxy) is 2. The van der Waals surface area contributed by atoms with Gasteiger partial charge < -0.3 is 24.7 Å². The van der Waals surface area contributed by atoms with E-state index in [9.17, 15) is 9.59 Å². The molecule has 25 rings (SSSR count). The smallest absolute Gasteiger partial charge is 0.243 e. The molecule has 748 valence electrons. The zero-order chi connectivity index (χ0) is 96.1. The summed E-state index contributed by atoms with van der Waals surface area (Å²) in [5.74, 6) is 14.2. The van der Waals surface area contributed by atoms with Crippen LogP contribution in [0.15, 0.2) is 152 Å². The maximum absolute atomic E-state index is 12.1. The number of rotatable bonds is 10. The molecule has 25 atom stereocenters. The van der Waals surface area contributed by atoms with Crippen LogP contribution in [0.4, 0.5) is 0 Å². The molecule has 0 aromatic carbocycles. The summed E-state index contributed by atoms with van der Waals surface area (Å²) in [4.78, 5) is 55.0. The molecule has 7 saturated carbocycles. The van der Waals surface area contributed by atoms with Crippen LogP contribution >= 0.6 is 0 Å². The summed E-state index contributed by atoms with van der Waals surface area (Å²) >= 11 is 0. The topological polar surface area (TPSA) is 156 Å². The van der Waals surface area contributed by atoms with Crippen LogP contribution in [0, 0.1) is 127 Å². The fraction of sp³-hybridized carbons (Fsp3) is 0.685. The quantitative estimate of drug-likeness (QED) is 0.137. The second-order valence-electron chi connectivity index (χ2n) is 50.6. The largest absolute Gasteiger partial charge is 0.495 e. The molecule has 0 radical (unpaired) electrons. The number of hydrogen-bond donors (Lipinski definition) is 2. The Morgan fingerprint density at radius 1 is 0.374 bits per heavy atom. The van der Waals surface area contributed by atoms with E-state index in [-0.39, 0.29) is 33.5 Å². The third kappa shape index (κ3) is 17.1. The van der Waals surface area contributed by atoms with E-state index in [1.807, 2.05) is 61.9 Å². The van der Waals surface area contributed by atoms with Gasteiger partial charge in [0.25, 0.3) is 0 Å². The normalized spacial score (nSPS) is 40.5. The zero-order valence-electron chi connectivity index (χ0n) is 87.8. The number of piperidine rings is 3. The van der Waals surface area contributed by atoms with Crippen molar-refractivity contribution in [1.82, 2.24) is 54.8 Å². The fourth-order valence-electron chi connectivity index (χ4n) is 37.2. The summed E-state index contributed by atoms with van der Waals surface area (Å²) in [7, 11) is 1.74. The maximum atomic E-state index is 12.1. The second kappa shape index (κ2) is 39.1. The highest BCUT2D eigenvalue weighted by molar-refractivity contribution is 5.89. The van der Waals surface area contributed by atoms with Gasteiger partial charge in [-0.25, -0.2) is 4.98 Å². The maximum Gasteiger partial charge on any atom is 0.243 e. The predicted octanol–water partition coefficient (Wildman–Crippen LogP) is 26.8. The van der Waals surface area contributed by atoms with E-state index < -0.39 is 0 Å². The van der Waals surface area contributed by atoms with Gasteiger partial charge in [0.2, 0.25) is 11.8 Å². The Labute approximate surface area is 836 Å². The number of fused-ring (bicyclic) bond motifs is 25. The Morgan fingerprint density at radius 3 is 1.21 bits per heavy atom. The molecule has 0 spiro atoms. The highest BCUT2D eigenvalue weighted by Gasteiger charge is 2.64. The molecule has 2 N–H and O–H groups in total. The van der Waals surface area contributed by atoms with Gasteiger partial charge in [-0.15, -0.1) is 0 Å². The average Bonchev–Trinajstić information content (AvgIpc) is 1.67. The van der Waals surface area contributed by atoms with Crippen LogP contribution in [-0.2, 0) is 16.0 Å². The van der Waals surface area contributed by atoms with E-state index in [2.05, 4.69) is 217 Å². The minimum atomic E-state index is 0.118. The molecule has 15 nitrogen and oxygen atoms in total. The van der Waals surface area contributed by atoms with Crippen LogP contribution in [0.5, 0.6) is 11.5 Å². The number of amides is 2. The Balaban J connectivity index is 0.000000103. The van der Waals surface area contributed by atoms with Gasteiger partial charge in [0.1, 0.15) is 11.5 Å². The Morgan fingerprint density at radius 2 is 0.777 bits per heavy atom. The molecule has 15 heteroatoms. The third-order valence-electron chi connectivity index (χ3n) is 44.8. The molecule has 2 amide bonds. The van der Waals surface area contributed by atoms with Crippen LogP contribution in [-0.4, -0.2) is 139 Å². The van der Waals surface area contributed by atoms with Gasteiger partial charge in [0.05, 0.1) is 32.4 Å². The van der Waals surface area contributed by atoms with Crippen LogP contribution < -0.4 is 20.1 Å². The number of methoxy groups -OCH3 is 1. The van der Waals surface area contributed by atoms with Crippen molar-refractivity contribution in [3.63, 3.8) is 0 Å². The van der Waals surface area contributed by atoms with Crippen molar-refractivity contribution in [1.29, 1.82) is 0 Å². The van der Waals surface area contributed by atoms with E-state index in [0.29, 0.717) is 44.7 Å². The number of allylic oxidation sites excluding steroid dienone is 12. The Bertz CT molecular complexity index is 5380. The second-order valence-corrected chi connectivity index (χ2v) is 50.6. The van der Waals surface area contributed by atoms with Gasteiger partial charge in [0, 0.05) is 103 Å². The number of carbonyl (C=O) groups is 2. The number of carbonyl (C=O) groups excluding carboxylic acids is 2. The highest BCUT2D eigenvalue weighted by Crippen LogP contribution is 2.72. The first-order valence-electron chi connectivity index (χ1n) is 56.9. The minimum absolute atomic E-state index is 0.118. The van der Waals surface area contributed by atoms with E-state index >= 15 is 0 Å². The van der Waals surface area contributed by atoms with Gasteiger partial charge >= 0.3 is 0 Å². The van der Waals surface area contributed by atoms with Crippen molar-refractivity contribution < 1.29 is 19.1 Å². The van der Waals surface area contributed by atoms with Crippen molar-refractivity contribution in [3.05, 3.63) is 180 Å². The summed E-state index contributed by atoms with van der Waals surface area (Å²) in [6.07, 6.45) is 88.1. The van der Waals surface area contributed by atoms with Crippen molar-refractivity contribution in [2.24, 2.45) is 127 Å². The lowest BCUT2D eigenvalue weighted by Gasteiger charge is -2.60. The fourth-order valence-corrected chi connectivity index (χ4v) is 37.2. The summed E-state index contributed by atoms with van der Waals surface area (Å²) in [6.45, 7) is 40.3. The van der Waals surface area contributed by atoms with E-state index in [4.69, 9.17) is 9.47 Å². The van der Waals surface area contributed by atoms with Gasteiger partial charge in [-0.2, -0.15) is 0 Å². The predicted molar refractivity (Wildman–Crippen MR) is 565 cm³/mol. The first-order valence-corrected chi connectivity index (χ1v) is 56.9.